The zero-order valence-corrected chi connectivity index (χ0v) is 13.9. The zero-order valence-electron chi connectivity index (χ0n) is 13.9. The molecule has 6 heteroatoms. The largest absolute Gasteiger partial charge is 0.494 e. The van der Waals surface area contributed by atoms with E-state index in [-0.39, 0.29) is 5.56 Å². The summed E-state index contributed by atoms with van der Waals surface area (Å²) in [4.78, 5) is 31.2. The maximum absolute atomic E-state index is 12.2. The molecule has 0 saturated carbocycles. The highest BCUT2D eigenvalue weighted by Crippen LogP contribution is 2.20. The van der Waals surface area contributed by atoms with Crippen LogP contribution in [0, 0.1) is 6.92 Å². The predicted molar refractivity (Wildman–Crippen MR) is 98.7 cm³/mol. The molecule has 128 valence electrons. The maximum Gasteiger partial charge on any atom is 0.335 e. The van der Waals surface area contributed by atoms with Crippen LogP contribution >= 0.6 is 0 Å². The van der Waals surface area contributed by atoms with Gasteiger partial charge in [-0.1, -0.05) is 30.3 Å². The summed E-state index contributed by atoms with van der Waals surface area (Å²) in [5, 5.41) is 12.3. The second kappa shape index (κ2) is 6.00. The molecule has 2 N–H and O–H groups in total. The van der Waals surface area contributed by atoms with Crippen molar-refractivity contribution in [2.24, 2.45) is 4.99 Å². The highest BCUT2D eigenvalue weighted by molar-refractivity contribution is 5.67. The number of aryl methyl sites for hydroxylation is 1. The van der Waals surface area contributed by atoms with Crippen molar-refractivity contribution in [1.29, 1.82) is 0 Å². The molecule has 0 saturated heterocycles. The van der Waals surface area contributed by atoms with Crippen LogP contribution in [-0.4, -0.2) is 14.7 Å². The Morgan fingerprint density at radius 1 is 1.12 bits per heavy atom. The molecular formula is C20H15N3O3. The first-order valence-electron chi connectivity index (χ1n) is 8.05. The van der Waals surface area contributed by atoms with Gasteiger partial charge >= 0.3 is 5.69 Å². The number of aromatic amines is 1. The maximum atomic E-state index is 12.2. The molecule has 0 radical (unpaired) electrons. The number of hydrogen-bond donors (Lipinski definition) is 2. The first kappa shape index (κ1) is 15.8. The molecule has 1 aliphatic rings. The minimum absolute atomic E-state index is 0.0195. The molecule has 2 heterocycles. The quantitative estimate of drug-likeness (QED) is 0.726. The van der Waals surface area contributed by atoms with E-state index in [1.807, 2.05) is 43.3 Å². The van der Waals surface area contributed by atoms with Crippen LogP contribution in [0.25, 0.3) is 17.8 Å². The van der Waals surface area contributed by atoms with Crippen LogP contribution < -0.4 is 21.8 Å². The number of hydrogen-bond acceptors (Lipinski definition) is 4. The third-order valence-electron chi connectivity index (χ3n) is 4.16. The summed E-state index contributed by atoms with van der Waals surface area (Å²) in [5.41, 5.74) is 0.545. The van der Waals surface area contributed by atoms with Gasteiger partial charge in [-0.25, -0.2) is 14.4 Å². The lowest BCUT2D eigenvalue weighted by Gasteiger charge is -2.10. The lowest BCUT2D eigenvalue weighted by molar-refractivity contribution is 0.429. The number of para-hydroxylation sites is 1. The van der Waals surface area contributed by atoms with Gasteiger partial charge in [0.15, 0.2) is 0 Å². The summed E-state index contributed by atoms with van der Waals surface area (Å²) in [6.07, 6.45) is 3.29. The number of aromatic nitrogens is 2. The van der Waals surface area contributed by atoms with Gasteiger partial charge in [0.25, 0.3) is 5.56 Å². The van der Waals surface area contributed by atoms with Gasteiger partial charge in [-0.05, 0) is 42.8 Å². The van der Waals surface area contributed by atoms with Crippen molar-refractivity contribution in [2.75, 3.05) is 0 Å². The number of allylic oxidation sites excluding steroid dienone is 1. The van der Waals surface area contributed by atoms with Crippen LogP contribution in [0.3, 0.4) is 0 Å². The van der Waals surface area contributed by atoms with Crippen LogP contribution in [0.2, 0.25) is 0 Å². The van der Waals surface area contributed by atoms with Crippen molar-refractivity contribution in [2.45, 2.75) is 6.92 Å². The second-order valence-corrected chi connectivity index (χ2v) is 6.06. The molecule has 26 heavy (non-hydrogen) atoms. The Kier molecular flexibility index (Phi) is 3.65. The standard InChI is InChI=1S/C20H15N3O3/c1-12-5-4-7-15(9-12)23-19(25)16(18(24)22-20(23)26)11-14-10-13-6-2-3-8-17(13)21-14/h2-11,25H,1H3,(H,22,24,26)/b14-11+. The van der Waals surface area contributed by atoms with Crippen LogP contribution in [0.15, 0.2) is 68.8 Å². The summed E-state index contributed by atoms with van der Waals surface area (Å²) < 4.78 is 1.07. The molecule has 0 unspecified atom stereocenters. The van der Waals surface area contributed by atoms with Gasteiger partial charge in [0, 0.05) is 5.22 Å². The van der Waals surface area contributed by atoms with Gasteiger partial charge in [-0.3, -0.25) is 9.78 Å². The Labute approximate surface area is 147 Å². The van der Waals surface area contributed by atoms with E-state index in [1.165, 1.54) is 6.08 Å². The fraction of sp³-hybridized carbons (Fsp3) is 0.0500. The molecule has 0 spiro atoms. The Morgan fingerprint density at radius 2 is 1.92 bits per heavy atom. The molecule has 3 aromatic rings. The van der Waals surface area contributed by atoms with Crippen molar-refractivity contribution in [1.82, 2.24) is 9.55 Å². The third-order valence-corrected chi connectivity index (χ3v) is 4.16. The van der Waals surface area contributed by atoms with E-state index in [1.54, 1.807) is 18.2 Å². The molecule has 1 aromatic heterocycles. The molecule has 1 aliphatic heterocycles. The topological polar surface area (TPSA) is 87.4 Å². The predicted octanol–water partition coefficient (Wildman–Crippen LogP) is 0.995. The summed E-state index contributed by atoms with van der Waals surface area (Å²) >= 11 is 0. The first-order chi connectivity index (χ1) is 12.5. The van der Waals surface area contributed by atoms with Crippen molar-refractivity contribution in [3.63, 3.8) is 0 Å². The van der Waals surface area contributed by atoms with Gasteiger partial charge in [0.05, 0.1) is 16.7 Å². The average Bonchev–Trinajstić information content (AvgIpc) is 3.01. The van der Waals surface area contributed by atoms with Crippen molar-refractivity contribution < 1.29 is 5.11 Å². The fourth-order valence-electron chi connectivity index (χ4n) is 2.94. The summed E-state index contributed by atoms with van der Waals surface area (Å²) in [7, 11) is 0. The number of H-pyrrole nitrogens is 1. The van der Waals surface area contributed by atoms with Gasteiger partial charge in [0.1, 0.15) is 5.56 Å². The molecular weight excluding hydrogens is 330 g/mol. The van der Waals surface area contributed by atoms with E-state index in [2.05, 4.69) is 9.98 Å². The number of nitrogens with zero attached hydrogens (tertiary/aromatic N) is 2. The minimum Gasteiger partial charge on any atom is -0.494 e. The van der Waals surface area contributed by atoms with Gasteiger partial charge < -0.3 is 5.11 Å². The van der Waals surface area contributed by atoms with Crippen LogP contribution in [-0.2, 0) is 0 Å². The van der Waals surface area contributed by atoms with Gasteiger partial charge in [-0.2, -0.15) is 0 Å². The van der Waals surface area contributed by atoms with Gasteiger partial charge in [0.2, 0.25) is 5.88 Å². The third kappa shape index (κ3) is 2.67. The molecule has 2 aromatic carbocycles. The summed E-state index contributed by atoms with van der Waals surface area (Å²) in [6.45, 7) is 1.88. The minimum atomic E-state index is -0.698. The molecule has 0 atom stereocenters. The van der Waals surface area contributed by atoms with Crippen LogP contribution in [0.5, 0.6) is 5.88 Å². The highest BCUT2D eigenvalue weighted by Gasteiger charge is 2.15. The Bertz CT molecular complexity index is 1260. The van der Waals surface area contributed by atoms with E-state index >= 15 is 0 Å². The summed E-state index contributed by atoms with van der Waals surface area (Å²) in [5.74, 6) is -0.420. The Balaban J connectivity index is 1.93. The Hall–Kier alpha value is -3.67. The lowest BCUT2D eigenvalue weighted by Crippen LogP contribution is -2.30. The molecule has 0 amide bonds. The molecule has 0 bridgehead atoms. The van der Waals surface area contributed by atoms with Crippen molar-refractivity contribution >= 4 is 12.2 Å². The zero-order chi connectivity index (χ0) is 18.3. The molecule has 4 rings (SSSR count). The van der Waals surface area contributed by atoms with Gasteiger partial charge in [-0.15, -0.1) is 0 Å². The number of fused-ring (bicyclic) bond motifs is 1. The smallest absolute Gasteiger partial charge is 0.335 e. The van der Waals surface area contributed by atoms with Crippen LogP contribution in [0.4, 0.5) is 0 Å². The van der Waals surface area contributed by atoms with E-state index in [0.717, 1.165) is 20.7 Å². The molecule has 0 fully saturated rings. The first-order valence-corrected chi connectivity index (χ1v) is 8.05. The van der Waals surface area contributed by atoms with Crippen molar-refractivity contribution in [3.8, 4) is 11.6 Å². The lowest BCUT2D eigenvalue weighted by atomic mass is 10.2. The van der Waals surface area contributed by atoms with Crippen molar-refractivity contribution in [3.05, 3.63) is 96.8 Å². The highest BCUT2D eigenvalue weighted by atomic mass is 16.3. The monoisotopic (exact) mass is 345 g/mol. The van der Waals surface area contributed by atoms with E-state index in [9.17, 15) is 14.7 Å². The van der Waals surface area contributed by atoms with E-state index in [4.69, 9.17) is 0 Å². The molecule has 6 nitrogen and oxygen atoms in total. The number of aromatic hydroxyl groups is 1. The number of rotatable bonds is 2. The van der Waals surface area contributed by atoms with E-state index < -0.39 is 17.1 Å². The Morgan fingerprint density at radius 3 is 2.69 bits per heavy atom. The molecule has 0 aliphatic carbocycles. The normalized spacial score (nSPS) is 14.0. The average molecular weight is 345 g/mol. The fourth-order valence-corrected chi connectivity index (χ4v) is 2.94. The second-order valence-electron chi connectivity index (χ2n) is 6.06. The number of nitrogens with one attached hydrogen (secondary N) is 1. The summed E-state index contributed by atoms with van der Waals surface area (Å²) in [6, 6.07) is 14.6. The van der Waals surface area contributed by atoms with E-state index in [0.29, 0.717) is 11.4 Å². The SMILES string of the molecule is Cc1cccc(-n2c(O)c(/C=C3\C=c4ccccc4=N3)c(=O)[nH]c2=O)c1. The van der Waals surface area contributed by atoms with Crippen LogP contribution in [0.1, 0.15) is 11.1 Å². The number of benzene rings is 2.